The maximum atomic E-state index is 14.2. The van der Waals surface area contributed by atoms with Crippen molar-refractivity contribution in [3.63, 3.8) is 0 Å². The molecule has 210 valence electrons. The van der Waals surface area contributed by atoms with Gasteiger partial charge in [-0.1, -0.05) is 51.2 Å². The van der Waals surface area contributed by atoms with Crippen LogP contribution in [-0.4, -0.2) is 78.2 Å². The fraction of sp³-hybridized carbons (Fsp3) is 0.552. The molecule has 38 heavy (non-hydrogen) atoms. The lowest BCUT2D eigenvalue weighted by Gasteiger charge is -2.34. The number of esters is 1. The minimum atomic E-state index is -3.97. The summed E-state index contributed by atoms with van der Waals surface area (Å²) in [5, 5.41) is 0. The van der Waals surface area contributed by atoms with E-state index in [4.69, 9.17) is 9.47 Å². The Hall–Kier alpha value is -2.62. The molecule has 1 aliphatic rings. The van der Waals surface area contributed by atoms with E-state index >= 15 is 0 Å². The van der Waals surface area contributed by atoms with Crippen molar-refractivity contribution in [2.24, 2.45) is 0 Å². The first kappa shape index (κ1) is 29.9. The second-order valence-electron chi connectivity index (χ2n) is 9.90. The van der Waals surface area contributed by atoms with Gasteiger partial charge in [0, 0.05) is 39.3 Å². The second kappa shape index (κ2) is 14.5. The number of rotatable bonds is 14. The number of anilines is 1. The van der Waals surface area contributed by atoms with Crippen LogP contribution in [0, 0.1) is 0 Å². The van der Waals surface area contributed by atoms with Crippen LogP contribution in [0.5, 0.6) is 5.75 Å². The van der Waals surface area contributed by atoms with Crippen LogP contribution in [-0.2, 0) is 21.3 Å². The zero-order valence-electron chi connectivity index (χ0n) is 23.3. The summed E-state index contributed by atoms with van der Waals surface area (Å²) >= 11 is 0. The zero-order chi connectivity index (χ0) is 27.5. The highest BCUT2D eigenvalue weighted by molar-refractivity contribution is 7.92. The molecule has 0 aromatic heterocycles. The summed E-state index contributed by atoms with van der Waals surface area (Å²) in [6.45, 7) is 6.65. The topological polar surface area (TPSA) is 79.4 Å². The third-order valence-electron chi connectivity index (χ3n) is 7.13. The van der Waals surface area contributed by atoms with E-state index in [0.29, 0.717) is 24.4 Å². The van der Waals surface area contributed by atoms with Crippen LogP contribution in [0.3, 0.4) is 0 Å². The number of ether oxygens (including phenoxy) is 2. The Kier molecular flexibility index (Phi) is 11.4. The number of para-hydroxylation sites is 1. The SMILES string of the molecule is CCCCCCCCN(c1c(CN2CCN(C)CC2)cccc1C(=O)OC)S(=O)(=O)c1ccc(OC)cc1. The molecule has 2 aromatic carbocycles. The van der Waals surface area contributed by atoms with Crippen molar-refractivity contribution < 1.29 is 22.7 Å². The molecular formula is C29H43N3O5S. The smallest absolute Gasteiger partial charge is 0.340 e. The van der Waals surface area contributed by atoms with Crippen LogP contribution in [0.1, 0.15) is 61.4 Å². The average Bonchev–Trinajstić information content (AvgIpc) is 2.93. The summed E-state index contributed by atoms with van der Waals surface area (Å²) in [7, 11) is 1.01. The minimum Gasteiger partial charge on any atom is -0.497 e. The molecule has 3 rings (SSSR count). The molecule has 0 aliphatic carbocycles. The summed E-state index contributed by atoms with van der Waals surface area (Å²) < 4.78 is 40.1. The monoisotopic (exact) mass is 545 g/mol. The molecule has 1 aliphatic heterocycles. The number of carbonyl (C=O) groups excluding carboxylic acids is 1. The normalized spacial score (nSPS) is 14.8. The van der Waals surface area contributed by atoms with E-state index in [0.717, 1.165) is 57.4 Å². The van der Waals surface area contributed by atoms with Crippen LogP contribution in [0.15, 0.2) is 47.4 Å². The van der Waals surface area contributed by atoms with E-state index in [-0.39, 0.29) is 17.0 Å². The van der Waals surface area contributed by atoms with Crippen molar-refractivity contribution >= 4 is 21.7 Å². The van der Waals surface area contributed by atoms with Crippen molar-refractivity contribution in [3.8, 4) is 5.75 Å². The van der Waals surface area contributed by atoms with Gasteiger partial charge in [-0.25, -0.2) is 13.2 Å². The second-order valence-corrected chi connectivity index (χ2v) is 11.8. The molecule has 1 fully saturated rings. The molecule has 0 amide bonds. The van der Waals surface area contributed by atoms with Gasteiger partial charge in [-0.3, -0.25) is 9.21 Å². The highest BCUT2D eigenvalue weighted by Gasteiger charge is 2.31. The number of hydrogen-bond donors (Lipinski definition) is 0. The van der Waals surface area contributed by atoms with E-state index in [1.54, 1.807) is 37.4 Å². The lowest BCUT2D eigenvalue weighted by atomic mass is 10.0. The molecule has 0 bridgehead atoms. The summed E-state index contributed by atoms with van der Waals surface area (Å²) in [4.78, 5) is 17.7. The molecule has 0 N–H and O–H groups in total. The van der Waals surface area contributed by atoms with Gasteiger partial charge in [-0.05, 0) is 49.4 Å². The number of methoxy groups -OCH3 is 2. The largest absolute Gasteiger partial charge is 0.497 e. The Bertz CT molecular complexity index is 1130. The fourth-order valence-electron chi connectivity index (χ4n) is 4.80. The maximum Gasteiger partial charge on any atom is 0.340 e. The molecule has 8 nitrogen and oxygen atoms in total. The van der Waals surface area contributed by atoms with Gasteiger partial charge in [-0.15, -0.1) is 0 Å². The van der Waals surface area contributed by atoms with E-state index in [1.807, 2.05) is 12.1 Å². The summed E-state index contributed by atoms with van der Waals surface area (Å²) in [5.41, 5.74) is 1.49. The van der Waals surface area contributed by atoms with Crippen LogP contribution >= 0.6 is 0 Å². The van der Waals surface area contributed by atoms with Gasteiger partial charge < -0.3 is 14.4 Å². The van der Waals surface area contributed by atoms with Crippen LogP contribution < -0.4 is 9.04 Å². The van der Waals surface area contributed by atoms with E-state index in [9.17, 15) is 13.2 Å². The molecular weight excluding hydrogens is 502 g/mol. The number of piperazine rings is 1. The first-order valence-electron chi connectivity index (χ1n) is 13.6. The first-order chi connectivity index (χ1) is 18.3. The Labute approximate surface area is 228 Å². The first-order valence-corrected chi connectivity index (χ1v) is 15.0. The minimum absolute atomic E-state index is 0.162. The highest BCUT2D eigenvalue weighted by atomic mass is 32.2. The van der Waals surface area contributed by atoms with Crippen LogP contribution in [0.2, 0.25) is 0 Å². The highest BCUT2D eigenvalue weighted by Crippen LogP contribution is 2.33. The number of unbranched alkanes of at least 4 members (excludes halogenated alkanes) is 5. The Morgan fingerprint density at radius 1 is 0.921 bits per heavy atom. The van der Waals surface area contributed by atoms with Gasteiger partial charge in [0.15, 0.2) is 0 Å². The third kappa shape index (κ3) is 7.71. The number of hydrogen-bond acceptors (Lipinski definition) is 7. The predicted octanol–water partition coefficient (Wildman–Crippen LogP) is 4.79. The molecule has 1 saturated heterocycles. The summed E-state index contributed by atoms with van der Waals surface area (Å²) in [6.07, 6.45) is 6.13. The summed E-state index contributed by atoms with van der Waals surface area (Å²) in [6, 6.07) is 11.8. The number of nitrogens with zero attached hydrogens (tertiary/aromatic N) is 3. The Morgan fingerprint density at radius 3 is 2.21 bits per heavy atom. The van der Waals surface area contributed by atoms with Crippen molar-refractivity contribution in [2.75, 3.05) is 58.3 Å². The quantitative estimate of drug-likeness (QED) is 0.250. The lowest BCUT2D eigenvalue weighted by Crippen LogP contribution is -2.44. The fourth-order valence-corrected chi connectivity index (χ4v) is 6.36. The van der Waals surface area contributed by atoms with Gasteiger partial charge in [0.2, 0.25) is 0 Å². The van der Waals surface area contributed by atoms with Crippen molar-refractivity contribution in [1.82, 2.24) is 9.80 Å². The van der Waals surface area contributed by atoms with Gasteiger partial charge in [0.25, 0.3) is 10.0 Å². The molecule has 0 saturated carbocycles. The van der Waals surface area contributed by atoms with Gasteiger partial charge in [-0.2, -0.15) is 0 Å². The molecule has 2 aromatic rings. The van der Waals surface area contributed by atoms with Crippen molar-refractivity contribution in [1.29, 1.82) is 0 Å². The van der Waals surface area contributed by atoms with Gasteiger partial charge >= 0.3 is 5.97 Å². The van der Waals surface area contributed by atoms with E-state index in [2.05, 4.69) is 23.8 Å². The van der Waals surface area contributed by atoms with E-state index < -0.39 is 16.0 Å². The van der Waals surface area contributed by atoms with Crippen LogP contribution in [0.25, 0.3) is 0 Å². The molecule has 1 heterocycles. The molecule has 0 unspecified atom stereocenters. The standard InChI is InChI=1S/C29H43N3O5S/c1-5-6-7-8-9-10-18-32(38(34,35)26-16-14-25(36-3)15-17-26)28-24(12-11-13-27(28)29(33)37-4)23-31-21-19-30(2)20-22-31/h11-17H,5-10,18-23H2,1-4H3. The molecule has 0 atom stereocenters. The van der Waals surface area contributed by atoms with E-state index in [1.165, 1.54) is 17.8 Å². The van der Waals surface area contributed by atoms with Crippen LogP contribution in [0.4, 0.5) is 5.69 Å². The Morgan fingerprint density at radius 2 is 1.58 bits per heavy atom. The third-order valence-corrected chi connectivity index (χ3v) is 8.94. The van der Waals surface area contributed by atoms with Gasteiger partial charge in [0.05, 0.1) is 30.4 Å². The number of carbonyl (C=O) groups is 1. The van der Waals surface area contributed by atoms with Crippen molar-refractivity contribution in [3.05, 3.63) is 53.6 Å². The van der Waals surface area contributed by atoms with Crippen molar-refractivity contribution in [2.45, 2.75) is 56.9 Å². The zero-order valence-corrected chi connectivity index (χ0v) is 24.1. The number of benzene rings is 2. The molecule has 0 spiro atoms. The summed E-state index contributed by atoms with van der Waals surface area (Å²) in [5.74, 6) is 0.0373. The molecule has 0 radical (unpaired) electrons. The lowest BCUT2D eigenvalue weighted by molar-refractivity contribution is 0.0601. The predicted molar refractivity (Wildman–Crippen MR) is 151 cm³/mol. The molecule has 9 heteroatoms. The maximum absolute atomic E-state index is 14.2. The average molecular weight is 546 g/mol. The number of sulfonamides is 1. The van der Waals surface area contributed by atoms with Gasteiger partial charge in [0.1, 0.15) is 5.75 Å². The number of likely N-dealkylation sites (N-methyl/N-ethyl adjacent to an activating group) is 1. The Balaban J connectivity index is 2.04.